The fourth-order valence-corrected chi connectivity index (χ4v) is 4.12. The summed E-state index contributed by atoms with van der Waals surface area (Å²) in [5.41, 5.74) is 0. The molecule has 1 aromatic rings. The quantitative estimate of drug-likeness (QED) is 0.788. The van der Waals surface area contributed by atoms with Gasteiger partial charge in [0.15, 0.2) is 6.61 Å². The standard InChI is InChI=1S/C14H15ClN2O6S/c15-11-5-10(3-4-12(11)23-7-14(19)20)24(21,22)16-6-13(18)17(8-16)9-1-2-9/h3-5,9H,1-2,6-8H2,(H,19,20). The molecule has 2 aliphatic rings. The first kappa shape index (κ1) is 17.0. The van der Waals surface area contributed by atoms with Crippen molar-refractivity contribution in [2.45, 2.75) is 23.8 Å². The van der Waals surface area contributed by atoms with Crippen molar-refractivity contribution in [3.8, 4) is 5.75 Å². The van der Waals surface area contributed by atoms with Gasteiger partial charge in [0, 0.05) is 6.04 Å². The molecule has 24 heavy (non-hydrogen) atoms. The Hall–Kier alpha value is -1.84. The van der Waals surface area contributed by atoms with Crippen LogP contribution in [0.2, 0.25) is 5.02 Å². The first-order valence-electron chi connectivity index (χ1n) is 7.23. The predicted octanol–water partition coefficient (Wildman–Crippen LogP) is 0.756. The third-order valence-corrected chi connectivity index (χ3v) is 5.89. The number of rotatable bonds is 6. The molecule has 1 saturated carbocycles. The lowest BCUT2D eigenvalue weighted by Crippen LogP contribution is -2.32. The Morgan fingerprint density at radius 2 is 2.08 bits per heavy atom. The Morgan fingerprint density at radius 3 is 2.67 bits per heavy atom. The van der Waals surface area contributed by atoms with Gasteiger partial charge in [-0.2, -0.15) is 4.31 Å². The van der Waals surface area contributed by atoms with Gasteiger partial charge < -0.3 is 14.7 Å². The van der Waals surface area contributed by atoms with Crippen LogP contribution in [0.4, 0.5) is 0 Å². The first-order valence-corrected chi connectivity index (χ1v) is 9.04. The molecule has 1 N–H and O–H groups in total. The summed E-state index contributed by atoms with van der Waals surface area (Å²) in [6, 6.07) is 3.92. The molecule has 1 saturated heterocycles. The molecule has 0 aromatic heterocycles. The maximum atomic E-state index is 12.7. The van der Waals surface area contributed by atoms with Crippen LogP contribution in [0.25, 0.3) is 0 Å². The van der Waals surface area contributed by atoms with E-state index in [0.29, 0.717) is 0 Å². The molecule has 8 nitrogen and oxygen atoms in total. The zero-order chi connectivity index (χ0) is 17.5. The van der Waals surface area contributed by atoms with Crippen molar-refractivity contribution in [1.29, 1.82) is 0 Å². The minimum absolute atomic E-state index is 0.0121. The van der Waals surface area contributed by atoms with Gasteiger partial charge in [-0.25, -0.2) is 13.2 Å². The number of benzene rings is 1. The SMILES string of the molecule is O=C(O)COc1ccc(S(=O)(=O)N2CC(=O)N(C3CC3)C2)cc1Cl. The predicted molar refractivity (Wildman–Crippen MR) is 83.2 cm³/mol. The normalized spacial score (nSPS) is 18.9. The summed E-state index contributed by atoms with van der Waals surface area (Å²) in [6.07, 6.45) is 1.81. The number of carbonyl (C=O) groups excluding carboxylic acids is 1. The van der Waals surface area contributed by atoms with E-state index in [0.717, 1.165) is 17.1 Å². The highest BCUT2D eigenvalue weighted by Crippen LogP contribution is 2.33. The smallest absolute Gasteiger partial charge is 0.341 e. The lowest BCUT2D eigenvalue weighted by atomic mass is 10.3. The summed E-state index contributed by atoms with van der Waals surface area (Å²) in [5, 5.41) is 8.57. The summed E-state index contributed by atoms with van der Waals surface area (Å²) in [4.78, 5) is 23.9. The molecular weight excluding hydrogens is 360 g/mol. The zero-order valence-corrected chi connectivity index (χ0v) is 14.1. The van der Waals surface area contributed by atoms with Crippen LogP contribution >= 0.6 is 11.6 Å². The largest absolute Gasteiger partial charge is 0.480 e. The van der Waals surface area contributed by atoms with Gasteiger partial charge in [-0.3, -0.25) is 4.79 Å². The number of amides is 1. The summed E-state index contributed by atoms with van der Waals surface area (Å²) < 4.78 is 31.4. The fraction of sp³-hybridized carbons (Fsp3) is 0.429. The van der Waals surface area contributed by atoms with Crippen molar-refractivity contribution >= 4 is 33.5 Å². The summed E-state index contributed by atoms with van der Waals surface area (Å²) >= 11 is 5.97. The number of hydrogen-bond donors (Lipinski definition) is 1. The molecule has 1 aromatic carbocycles. The zero-order valence-electron chi connectivity index (χ0n) is 12.5. The maximum Gasteiger partial charge on any atom is 0.341 e. The van der Waals surface area contributed by atoms with Gasteiger partial charge in [0.25, 0.3) is 0 Å². The number of ether oxygens (including phenoxy) is 1. The second-order valence-corrected chi connectivity index (χ2v) is 7.97. The van der Waals surface area contributed by atoms with Crippen molar-refractivity contribution in [3.05, 3.63) is 23.2 Å². The van der Waals surface area contributed by atoms with Crippen LogP contribution in [-0.2, 0) is 19.6 Å². The minimum Gasteiger partial charge on any atom is -0.480 e. The molecule has 1 amide bonds. The van der Waals surface area contributed by atoms with Crippen LogP contribution in [0, 0.1) is 0 Å². The Balaban J connectivity index is 1.78. The van der Waals surface area contributed by atoms with E-state index in [4.69, 9.17) is 21.4 Å². The number of nitrogens with zero attached hydrogens (tertiary/aromatic N) is 2. The second-order valence-electron chi connectivity index (χ2n) is 5.63. The highest BCUT2D eigenvalue weighted by molar-refractivity contribution is 7.89. The van der Waals surface area contributed by atoms with Crippen molar-refractivity contribution in [2.75, 3.05) is 19.8 Å². The average molecular weight is 375 g/mol. The van der Waals surface area contributed by atoms with Gasteiger partial charge in [0.05, 0.1) is 23.1 Å². The van der Waals surface area contributed by atoms with E-state index in [1.54, 1.807) is 4.90 Å². The molecule has 0 atom stereocenters. The van der Waals surface area contributed by atoms with Crippen LogP contribution in [0.1, 0.15) is 12.8 Å². The van der Waals surface area contributed by atoms with Crippen molar-refractivity contribution in [2.24, 2.45) is 0 Å². The van der Waals surface area contributed by atoms with Crippen LogP contribution in [-0.4, -0.2) is 60.5 Å². The lowest BCUT2D eigenvalue weighted by Gasteiger charge is -2.18. The molecule has 10 heteroatoms. The molecular formula is C14H15ClN2O6S. The first-order chi connectivity index (χ1) is 11.3. The number of hydrogen-bond acceptors (Lipinski definition) is 5. The molecule has 2 fully saturated rings. The van der Waals surface area contributed by atoms with E-state index in [9.17, 15) is 18.0 Å². The molecule has 0 spiro atoms. The number of carboxylic acids is 1. The molecule has 130 valence electrons. The monoisotopic (exact) mass is 374 g/mol. The number of halogens is 1. The Bertz CT molecular complexity index is 792. The van der Waals surface area contributed by atoms with Gasteiger partial charge in [-0.05, 0) is 31.0 Å². The van der Waals surface area contributed by atoms with Crippen molar-refractivity contribution in [3.63, 3.8) is 0 Å². The van der Waals surface area contributed by atoms with Crippen LogP contribution < -0.4 is 4.74 Å². The highest BCUT2D eigenvalue weighted by Gasteiger charge is 2.42. The van der Waals surface area contributed by atoms with Gasteiger partial charge in [0.2, 0.25) is 15.9 Å². The van der Waals surface area contributed by atoms with Crippen LogP contribution in [0.15, 0.2) is 23.1 Å². The number of aliphatic carboxylic acids is 1. The van der Waals surface area contributed by atoms with Gasteiger partial charge in [-0.1, -0.05) is 11.6 Å². The molecule has 0 radical (unpaired) electrons. The molecule has 1 aliphatic carbocycles. The van der Waals surface area contributed by atoms with Gasteiger partial charge in [-0.15, -0.1) is 0 Å². The second kappa shape index (κ2) is 6.23. The Labute approximate surface area is 143 Å². The molecule has 3 rings (SSSR count). The van der Waals surface area contributed by atoms with Crippen molar-refractivity contribution in [1.82, 2.24) is 9.21 Å². The van der Waals surface area contributed by atoms with E-state index in [1.807, 2.05) is 0 Å². The highest BCUT2D eigenvalue weighted by atomic mass is 35.5. The van der Waals surface area contributed by atoms with E-state index in [-0.39, 0.29) is 40.8 Å². The lowest BCUT2D eigenvalue weighted by molar-refractivity contribution is -0.139. The molecule has 1 heterocycles. The van der Waals surface area contributed by atoms with E-state index in [2.05, 4.69) is 0 Å². The molecule has 0 bridgehead atoms. The number of carbonyl (C=O) groups is 2. The Kier molecular flexibility index (Phi) is 4.41. The molecule has 0 unspecified atom stereocenters. The van der Waals surface area contributed by atoms with Crippen molar-refractivity contribution < 1.29 is 27.9 Å². The summed E-state index contributed by atoms with van der Waals surface area (Å²) in [7, 11) is -3.87. The topological polar surface area (TPSA) is 104 Å². The average Bonchev–Trinajstić information content (AvgIpc) is 3.27. The van der Waals surface area contributed by atoms with Gasteiger partial charge >= 0.3 is 5.97 Å². The van der Waals surface area contributed by atoms with Crippen LogP contribution in [0.5, 0.6) is 5.75 Å². The summed E-state index contributed by atoms with van der Waals surface area (Å²) in [5.74, 6) is -1.29. The number of sulfonamides is 1. The van der Waals surface area contributed by atoms with E-state index >= 15 is 0 Å². The van der Waals surface area contributed by atoms with E-state index in [1.165, 1.54) is 18.2 Å². The Morgan fingerprint density at radius 1 is 1.38 bits per heavy atom. The van der Waals surface area contributed by atoms with E-state index < -0.39 is 22.6 Å². The maximum absolute atomic E-state index is 12.7. The number of carboxylic acid groups (broad SMARTS) is 1. The minimum atomic E-state index is -3.87. The third kappa shape index (κ3) is 3.33. The third-order valence-electron chi connectivity index (χ3n) is 3.82. The summed E-state index contributed by atoms with van der Waals surface area (Å²) in [6.45, 7) is -0.725. The fourth-order valence-electron chi connectivity index (χ4n) is 2.45. The van der Waals surface area contributed by atoms with Crippen LogP contribution in [0.3, 0.4) is 0 Å². The molecule has 1 aliphatic heterocycles. The van der Waals surface area contributed by atoms with Gasteiger partial charge in [0.1, 0.15) is 5.75 Å².